The van der Waals surface area contributed by atoms with E-state index in [4.69, 9.17) is 0 Å². The topological polar surface area (TPSA) is 72.4 Å². The smallest absolute Gasteiger partial charge is 0.266 e. The lowest BCUT2D eigenvalue weighted by Gasteiger charge is -2.03. The van der Waals surface area contributed by atoms with Gasteiger partial charge in [0.15, 0.2) is 0 Å². The van der Waals surface area contributed by atoms with Crippen molar-refractivity contribution < 1.29 is 0 Å². The number of benzene rings is 1. The Kier molecular flexibility index (Phi) is 2.46. The Labute approximate surface area is 109 Å². The lowest BCUT2D eigenvalue weighted by Crippen LogP contribution is -2.10. The summed E-state index contributed by atoms with van der Waals surface area (Å²) in [6, 6.07) is 11.6. The minimum absolute atomic E-state index is 0.148. The third-order valence-electron chi connectivity index (χ3n) is 3.24. The van der Waals surface area contributed by atoms with Crippen LogP contribution >= 0.6 is 0 Å². The minimum atomic E-state index is -0.357. The van der Waals surface area contributed by atoms with Crippen molar-refractivity contribution in [3.8, 4) is 17.2 Å². The predicted octanol–water partition coefficient (Wildman–Crippen LogP) is 2.70. The van der Waals surface area contributed by atoms with Gasteiger partial charge in [-0.05, 0) is 19.1 Å². The van der Waals surface area contributed by atoms with Crippen LogP contribution in [0.4, 0.5) is 0 Å². The van der Waals surface area contributed by atoms with Gasteiger partial charge < -0.3 is 9.97 Å². The average molecular weight is 249 g/mol. The number of aromatic amines is 2. The van der Waals surface area contributed by atoms with E-state index in [0.29, 0.717) is 5.56 Å². The molecule has 0 radical (unpaired) electrons. The molecule has 0 aliphatic rings. The molecule has 0 fully saturated rings. The molecule has 4 heteroatoms. The first kappa shape index (κ1) is 11.3. The van der Waals surface area contributed by atoms with E-state index < -0.39 is 0 Å². The Morgan fingerprint density at radius 2 is 2.00 bits per heavy atom. The van der Waals surface area contributed by atoms with Crippen LogP contribution in [0.15, 0.2) is 41.3 Å². The highest BCUT2D eigenvalue weighted by Gasteiger charge is 2.15. The number of H-pyrrole nitrogens is 2. The molecule has 0 bridgehead atoms. The first-order valence-corrected chi connectivity index (χ1v) is 5.92. The van der Waals surface area contributed by atoms with Crippen molar-refractivity contribution in [1.82, 2.24) is 9.97 Å². The van der Waals surface area contributed by atoms with E-state index >= 15 is 0 Å². The first-order chi connectivity index (χ1) is 9.22. The summed E-state index contributed by atoms with van der Waals surface area (Å²) in [5.74, 6) is 0. The van der Waals surface area contributed by atoms with E-state index in [0.717, 1.165) is 22.2 Å². The lowest BCUT2D eigenvalue weighted by molar-refractivity contribution is 1.21. The summed E-state index contributed by atoms with van der Waals surface area (Å²) >= 11 is 0. The standard InChI is InChI=1S/C15H11N3O/c1-9-14(11-4-2-3-5-13(11)18-9)10-6-7-17-15(19)12(10)8-16/h2-7,18H,1H3,(H,17,19). The summed E-state index contributed by atoms with van der Waals surface area (Å²) in [6.45, 7) is 1.94. The maximum atomic E-state index is 11.7. The highest BCUT2D eigenvalue weighted by atomic mass is 16.1. The quantitative estimate of drug-likeness (QED) is 0.696. The maximum Gasteiger partial charge on any atom is 0.266 e. The molecule has 92 valence electrons. The predicted molar refractivity (Wildman–Crippen MR) is 73.8 cm³/mol. The zero-order valence-corrected chi connectivity index (χ0v) is 10.3. The van der Waals surface area contributed by atoms with Gasteiger partial charge >= 0.3 is 0 Å². The van der Waals surface area contributed by atoms with Crippen LogP contribution in [0.3, 0.4) is 0 Å². The number of pyridine rings is 1. The van der Waals surface area contributed by atoms with Gasteiger partial charge in [0.2, 0.25) is 0 Å². The maximum absolute atomic E-state index is 11.7. The fraction of sp³-hybridized carbons (Fsp3) is 0.0667. The highest BCUT2D eigenvalue weighted by molar-refractivity contribution is 5.98. The fourth-order valence-electron chi connectivity index (χ4n) is 2.42. The van der Waals surface area contributed by atoms with Crippen molar-refractivity contribution in [3.05, 3.63) is 58.1 Å². The Balaban J connectivity index is 2.44. The SMILES string of the molecule is Cc1[nH]c2ccccc2c1-c1cc[nH]c(=O)c1C#N. The van der Waals surface area contributed by atoms with Crippen LogP contribution in [-0.2, 0) is 0 Å². The van der Waals surface area contributed by atoms with Crippen LogP contribution in [-0.4, -0.2) is 9.97 Å². The third kappa shape index (κ3) is 1.64. The molecule has 2 aromatic heterocycles. The summed E-state index contributed by atoms with van der Waals surface area (Å²) in [5, 5.41) is 10.2. The number of fused-ring (bicyclic) bond motifs is 1. The van der Waals surface area contributed by atoms with E-state index in [9.17, 15) is 10.1 Å². The Morgan fingerprint density at radius 1 is 1.21 bits per heavy atom. The van der Waals surface area contributed by atoms with Crippen molar-refractivity contribution in [2.24, 2.45) is 0 Å². The van der Waals surface area contributed by atoms with Crippen LogP contribution in [0.25, 0.3) is 22.0 Å². The monoisotopic (exact) mass is 249 g/mol. The fourth-order valence-corrected chi connectivity index (χ4v) is 2.42. The van der Waals surface area contributed by atoms with Gasteiger partial charge in [-0.15, -0.1) is 0 Å². The average Bonchev–Trinajstić information content (AvgIpc) is 2.74. The molecular formula is C15H11N3O. The number of para-hydroxylation sites is 1. The van der Waals surface area contributed by atoms with Crippen LogP contribution in [0.1, 0.15) is 11.3 Å². The normalized spacial score (nSPS) is 10.5. The van der Waals surface area contributed by atoms with Crippen LogP contribution < -0.4 is 5.56 Å². The van der Waals surface area contributed by atoms with Crippen molar-refractivity contribution in [3.63, 3.8) is 0 Å². The van der Waals surface area contributed by atoms with Gasteiger partial charge in [0.25, 0.3) is 5.56 Å². The number of nitriles is 1. The van der Waals surface area contributed by atoms with Gasteiger partial charge in [-0.1, -0.05) is 18.2 Å². The minimum Gasteiger partial charge on any atom is -0.358 e. The first-order valence-electron chi connectivity index (χ1n) is 5.92. The number of nitrogens with zero attached hydrogens (tertiary/aromatic N) is 1. The Bertz CT molecular complexity index is 865. The Morgan fingerprint density at radius 3 is 2.79 bits per heavy atom. The molecule has 2 heterocycles. The summed E-state index contributed by atoms with van der Waals surface area (Å²) in [7, 11) is 0. The molecule has 0 aliphatic carbocycles. The van der Waals surface area contributed by atoms with Gasteiger partial charge in [0, 0.05) is 33.9 Å². The van der Waals surface area contributed by atoms with E-state index in [1.807, 2.05) is 37.3 Å². The molecule has 0 saturated carbocycles. The Hall–Kier alpha value is -2.80. The van der Waals surface area contributed by atoms with Crippen molar-refractivity contribution >= 4 is 10.9 Å². The zero-order valence-electron chi connectivity index (χ0n) is 10.3. The molecule has 0 spiro atoms. The second-order valence-corrected chi connectivity index (χ2v) is 4.38. The van der Waals surface area contributed by atoms with Crippen LogP contribution in [0, 0.1) is 18.3 Å². The molecular weight excluding hydrogens is 238 g/mol. The van der Waals surface area contributed by atoms with Gasteiger partial charge in [0.1, 0.15) is 11.6 Å². The van der Waals surface area contributed by atoms with E-state index in [1.165, 1.54) is 0 Å². The second kappa shape index (κ2) is 4.14. The van der Waals surface area contributed by atoms with Crippen LogP contribution in [0.2, 0.25) is 0 Å². The van der Waals surface area contributed by atoms with Gasteiger partial charge in [0.05, 0.1) is 0 Å². The summed E-state index contributed by atoms with van der Waals surface area (Å²) in [4.78, 5) is 17.5. The second-order valence-electron chi connectivity index (χ2n) is 4.38. The van der Waals surface area contributed by atoms with E-state index in [2.05, 4.69) is 9.97 Å². The van der Waals surface area contributed by atoms with E-state index in [1.54, 1.807) is 12.3 Å². The molecule has 0 saturated heterocycles. The number of rotatable bonds is 1. The highest BCUT2D eigenvalue weighted by Crippen LogP contribution is 2.32. The molecule has 3 aromatic rings. The molecule has 4 nitrogen and oxygen atoms in total. The number of hydrogen-bond donors (Lipinski definition) is 2. The third-order valence-corrected chi connectivity index (χ3v) is 3.24. The van der Waals surface area contributed by atoms with Crippen LogP contribution in [0.5, 0.6) is 0 Å². The van der Waals surface area contributed by atoms with E-state index in [-0.39, 0.29) is 11.1 Å². The molecule has 2 N–H and O–H groups in total. The van der Waals surface area contributed by atoms with Crippen molar-refractivity contribution in [2.75, 3.05) is 0 Å². The largest absolute Gasteiger partial charge is 0.358 e. The number of nitrogens with one attached hydrogen (secondary N) is 2. The zero-order chi connectivity index (χ0) is 13.4. The number of hydrogen-bond acceptors (Lipinski definition) is 2. The molecule has 0 amide bonds. The number of aryl methyl sites for hydroxylation is 1. The lowest BCUT2D eigenvalue weighted by atomic mass is 9.99. The summed E-state index contributed by atoms with van der Waals surface area (Å²) < 4.78 is 0. The van der Waals surface area contributed by atoms with Crippen molar-refractivity contribution in [2.45, 2.75) is 6.92 Å². The molecule has 1 aromatic carbocycles. The summed E-state index contributed by atoms with van der Waals surface area (Å²) in [5.41, 5.74) is 3.32. The molecule has 0 aliphatic heterocycles. The molecule has 19 heavy (non-hydrogen) atoms. The molecule has 3 rings (SSSR count). The van der Waals surface area contributed by atoms with Gasteiger partial charge in [-0.2, -0.15) is 5.26 Å². The summed E-state index contributed by atoms with van der Waals surface area (Å²) in [6.07, 6.45) is 1.57. The molecule has 0 unspecified atom stereocenters. The molecule has 0 atom stereocenters. The van der Waals surface area contributed by atoms with Crippen molar-refractivity contribution in [1.29, 1.82) is 5.26 Å². The van der Waals surface area contributed by atoms with Gasteiger partial charge in [-0.3, -0.25) is 4.79 Å². The van der Waals surface area contributed by atoms with Gasteiger partial charge in [-0.25, -0.2) is 0 Å². The number of aromatic nitrogens is 2.